The third-order valence-electron chi connectivity index (χ3n) is 3.13. The molecular formula is C14H27N3O4. The van der Waals surface area contributed by atoms with Crippen LogP contribution in [0, 0.1) is 0 Å². The Balaban J connectivity index is 4.56. The van der Waals surface area contributed by atoms with Crippen LogP contribution in [-0.4, -0.2) is 47.0 Å². The van der Waals surface area contributed by atoms with Gasteiger partial charge >= 0.3 is 12.0 Å². The number of carboxylic acid groups (broad SMARTS) is 1. The third-order valence-corrected chi connectivity index (χ3v) is 3.13. The van der Waals surface area contributed by atoms with E-state index >= 15 is 0 Å². The minimum absolute atomic E-state index is 0.00576. The molecule has 3 amide bonds. The molecule has 0 radical (unpaired) electrons. The average molecular weight is 301 g/mol. The molecule has 1 unspecified atom stereocenters. The lowest BCUT2D eigenvalue weighted by molar-refractivity contribution is -0.139. The lowest BCUT2D eigenvalue weighted by atomic mass is 10.1. The topological polar surface area (TPSA) is 113 Å². The molecule has 0 spiro atoms. The highest BCUT2D eigenvalue weighted by Crippen LogP contribution is 2.03. The highest BCUT2D eigenvalue weighted by molar-refractivity contribution is 5.83. The van der Waals surface area contributed by atoms with Crippen LogP contribution in [-0.2, 0) is 9.59 Å². The minimum atomic E-state index is -1.16. The van der Waals surface area contributed by atoms with E-state index in [2.05, 4.69) is 5.32 Å². The van der Waals surface area contributed by atoms with Crippen LogP contribution < -0.4 is 11.1 Å². The number of nitrogens with zero attached hydrogens (tertiary/aromatic N) is 1. The van der Waals surface area contributed by atoms with Gasteiger partial charge in [0.2, 0.25) is 5.91 Å². The van der Waals surface area contributed by atoms with Gasteiger partial charge in [-0.3, -0.25) is 4.79 Å². The van der Waals surface area contributed by atoms with Gasteiger partial charge in [-0.25, -0.2) is 9.59 Å². The zero-order valence-corrected chi connectivity index (χ0v) is 12.9. The number of primary amides is 1. The second kappa shape index (κ2) is 10.9. The predicted octanol–water partition coefficient (Wildman–Crippen LogP) is 1.32. The number of carboxylic acids is 1. The fraction of sp³-hybridized carbons (Fsp3) is 0.786. The van der Waals surface area contributed by atoms with Crippen molar-refractivity contribution in [3.05, 3.63) is 0 Å². The first-order valence-corrected chi connectivity index (χ1v) is 7.48. The number of aliphatic carboxylic acids is 1. The summed E-state index contributed by atoms with van der Waals surface area (Å²) < 4.78 is 0. The van der Waals surface area contributed by atoms with Gasteiger partial charge in [0.25, 0.3) is 0 Å². The largest absolute Gasteiger partial charge is 0.480 e. The van der Waals surface area contributed by atoms with Gasteiger partial charge < -0.3 is 21.1 Å². The van der Waals surface area contributed by atoms with E-state index in [-0.39, 0.29) is 12.8 Å². The van der Waals surface area contributed by atoms with Gasteiger partial charge in [-0.1, -0.05) is 26.7 Å². The van der Waals surface area contributed by atoms with E-state index in [1.165, 1.54) is 0 Å². The van der Waals surface area contributed by atoms with E-state index in [4.69, 9.17) is 10.8 Å². The summed E-state index contributed by atoms with van der Waals surface area (Å²) in [4.78, 5) is 35.6. The monoisotopic (exact) mass is 301 g/mol. The molecule has 0 bridgehead atoms. The molecule has 0 saturated carbocycles. The van der Waals surface area contributed by atoms with Gasteiger partial charge in [-0.05, 0) is 19.3 Å². The van der Waals surface area contributed by atoms with Crippen LogP contribution >= 0.6 is 0 Å². The second-order valence-electron chi connectivity index (χ2n) is 5.04. The van der Waals surface area contributed by atoms with Gasteiger partial charge in [0, 0.05) is 19.5 Å². The van der Waals surface area contributed by atoms with E-state index in [9.17, 15) is 14.4 Å². The maximum Gasteiger partial charge on any atom is 0.326 e. The molecule has 0 rings (SSSR count). The summed E-state index contributed by atoms with van der Waals surface area (Å²) in [5, 5.41) is 11.6. The SMILES string of the molecule is CCCCN(CCCC)C(=O)NC(CCC(N)=O)C(=O)O. The number of carbonyl (C=O) groups excluding carboxylic acids is 2. The first kappa shape index (κ1) is 19.2. The van der Waals surface area contributed by atoms with Crippen LogP contribution in [0.15, 0.2) is 0 Å². The Kier molecular flexibility index (Phi) is 10.0. The van der Waals surface area contributed by atoms with Gasteiger partial charge in [0.05, 0.1) is 0 Å². The van der Waals surface area contributed by atoms with E-state index in [1.54, 1.807) is 4.90 Å². The van der Waals surface area contributed by atoms with Gasteiger partial charge in [-0.2, -0.15) is 0 Å². The Hall–Kier alpha value is -1.79. The summed E-state index contributed by atoms with van der Waals surface area (Å²) in [5.41, 5.74) is 5.01. The standard InChI is InChI=1S/C14H27N3O4/c1-3-5-9-17(10-6-4-2)14(21)16-11(13(19)20)7-8-12(15)18/h11H,3-10H2,1-2H3,(H2,15,18)(H,16,21)(H,19,20). The van der Waals surface area contributed by atoms with Crippen LogP contribution in [0.3, 0.4) is 0 Å². The van der Waals surface area contributed by atoms with Crippen molar-refractivity contribution in [2.75, 3.05) is 13.1 Å². The maximum atomic E-state index is 12.1. The van der Waals surface area contributed by atoms with Crippen molar-refractivity contribution in [1.82, 2.24) is 10.2 Å². The number of carbonyl (C=O) groups is 3. The van der Waals surface area contributed by atoms with E-state index in [0.717, 1.165) is 25.7 Å². The molecule has 21 heavy (non-hydrogen) atoms. The van der Waals surface area contributed by atoms with Gasteiger partial charge in [0.15, 0.2) is 0 Å². The first-order chi connectivity index (χ1) is 9.92. The molecular weight excluding hydrogens is 274 g/mol. The molecule has 0 aromatic heterocycles. The van der Waals surface area contributed by atoms with E-state index in [1.807, 2.05) is 13.8 Å². The number of unbranched alkanes of at least 4 members (excludes halogenated alkanes) is 2. The molecule has 7 nitrogen and oxygen atoms in total. The van der Waals surface area contributed by atoms with E-state index in [0.29, 0.717) is 13.1 Å². The van der Waals surface area contributed by atoms with Crippen molar-refractivity contribution < 1.29 is 19.5 Å². The summed E-state index contributed by atoms with van der Waals surface area (Å²) in [5.74, 6) is -1.74. The predicted molar refractivity (Wildman–Crippen MR) is 79.8 cm³/mol. The number of hydrogen-bond acceptors (Lipinski definition) is 3. The molecule has 122 valence electrons. The number of urea groups is 1. The summed E-state index contributed by atoms with van der Waals surface area (Å²) in [6, 6.07) is -1.48. The Morgan fingerprint density at radius 2 is 1.67 bits per heavy atom. The van der Waals surface area contributed by atoms with E-state index < -0.39 is 23.9 Å². The second-order valence-corrected chi connectivity index (χ2v) is 5.04. The maximum absolute atomic E-state index is 12.1. The molecule has 0 fully saturated rings. The zero-order chi connectivity index (χ0) is 16.3. The molecule has 7 heteroatoms. The summed E-state index contributed by atoms with van der Waals surface area (Å²) in [6.45, 7) is 5.26. The van der Waals surface area contributed by atoms with Gasteiger partial charge in [-0.15, -0.1) is 0 Å². The number of amides is 3. The van der Waals surface area contributed by atoms with Crippen LogP contribution in [0.5, 0.6) is 0 Å². The molecule has 0 saturated heterocycles. The Morgan fingerprint density at radius 3 is 2.05 bits per heavy atom. The molecule has 4 N–H and O–H groups in total. The Labute approximate surface area is 125 Å². The highest BCUT2D eigenvalue weighted by atomic mass is 16.4. The van der Waals surface area contributed by atoms with Crippen molar-refractivity contribution >= 4 is 17.9 Å². The fourth-order valence-corrected chi connectivity index (χ4v) is 1.80. The minimum Gasteiger partial charge on any atom is -0.480 e. The average Bonchev–Trinajstić information content (AvgIpc) is 2.42. The molecule has 0 aliphatic heterocycles. The molecule has 0 aromatic carbocycles. The smallest absolute Gasteiger partial charge is 0.326 e. The Morgan fingerprint density at radius 1 is 1.14 bits per heavy atom. The molecule has 0 heterocycles. The Bertz CT molecular complexity index is 339. The number of rotatable bonds is 11. The molecule has 1 atom stereocenters. The number of nitrogens with two attached hydrogens (primary N) is 1. The summed E-state index contributed by atoms with van der Waals surface area (Å²) in [6.07, 6.45) is 3.60. The van der Waals surface area contributed by atoms with Crippen LogP contribution in [0.4, 0.5) is 4.79 Å². The van der Waals surface area contributed by atoms with Crippen LogP contribution in [0.25, 0.3) is 0 Å². The van der Waals surface area contributed by atoms with Crippen molar-refractivity contribution in [2.24, 2.45) is 5.73 Å². The van der Waals surface area contributed by atoms with Crippen LogP contribution in [0.2, 0.25) is 0 Å². The van der Waals surface area contributed by atoms with Crippen molar-refractivity contribution in [2.45, 2.75) is 58.4 Å². The fourth-order valence-electron chi connectivity index (χ4n) is 1.80. The van der Waals surface area contributed by atoms with Gasteiger partial charge in [0.1, 0.15) is 6.04 Å². The third kappa shape index (κ3) is 8.88. The van der Waals surface area contributed by atoms with Crippen molar-refractivity contribution in [1.29, 1.82) is 0 Å². The van der Waals surface area contributed by atoms with Crippen molar-refractivity contribution in [3.63, 3.8) is 0 Å². The summed E-state index contributed by atoms with van der Waals surface area (Å²) >= 11 is 0. The van der Waals surface area contributed by atoms with Crippen LogP contribution in [0.1, 0.15) is 52.4 Å². The molecule has 0 aliphatic rings. The lowest BCUT2D eigenvalue weighted by Crippen LogP contribution is -2.48. The lowest BCUT2D eigenvalue weighted by Gasteiger charge is -2.25. The quantitative estimate of drug-likeness (QED) is 0.534. The highest BCUT2D eigenvalue weighted by Gasteiger charge is 2.23. The zero-order valence-electron chi connectivity index (χ0n) is 12.9. The molecule has 0 aromatic rings. The number of nitrogens with one attached hydrogen (secondary N) is 1. The first-order valence-electron chi connectivity index (χ1n) is 7.48. The van der Waals surface area contributed by atoms with Crippen molar-refractivity contribution in [3.8, 4) is 0 Å². The normalized spacial score (nSPS) is 11.7. The molecule has 0 aliphatic carbocycles. The summed E-state index contributed by atoms with van der Waals surface area (Å²) in [7, 11) is 0. The number of hydrogen-bond donors (Lipinski definition) is 3.